The Balaban J connectivity index is 1.58. The van der Waals surface area contributed by atoms with E-state index in [4.69, 9.17) is 0 Å². The van der Waals surface area contributed by atoms with E-state index in [9.17, 15) is 21.6 Å². The Morgan fingerprint density at radius 2 is 2.07 bits per heavy atom. The Hall–Kier alpha value is -2.14. The molecule has 0 radical (unpaired) electrons. The maximum Gasteiger partial charge on any atom is 0.410 e. The molecule has 2 aliphatic heterocycles. The van der Waals surface area contributed by atoms with Crippen molar-refractivity contribution in [1.29, 1.82) is 0 Å². The molecule has 30 heavy (non-hydrogen) atoms. The Kier molecular flexibility index (Phi) is 5.29. The summed E-state index contributed by atoms with van der Waals surface area (Å²) in [7, 11) is -3.70. The predicted octanol–water partition coefficient (Wildman–Crippen LogP) is 3.40. The van der Waals surface area contributed by atoms with Crippen molar-refractivity contribution < 1.29 is 21.6 Å². The van der Waals surface area contributed by atoms with E-state index in [0.717, 1.165) is 4.68 Å². The summed E-state index contributed by atoms with van der Waals surface area (Å²) >= 11 is 0. The molecule has 0 aromatic carbocycles. The number of pyridine rings is 1. The third-order valence-electron chi connectivity index (χ3n) is 5.88. The lowest BCUT2D eigenvalue weighted by atomic mass is 9.94. The number of alkyl halides is 3. The van der Waals surface area contributed by atoms with Gasteiger partial charge in [0.2, 0.25) is 10.0 Å². The maximum atomic E-state index is 13.7. The monoisotopic (exact) mass is 443 g/mol. The van der Waals surface area contributed by atoms with Gasteiger partial charge in [-0.15, -0.1) is 0 Å². The first-order valence-electron chi connectivity index (χ1n) is 9.90. The number of hydrogen-bond acceptors (Lipinski definition) is 5. The zero-order valence-corrected chi connectivity index (χ0v) is 17.5. The SMILES string of the molecule is CC(C)[C@@H]1C[C@H](C(F)(F)F)n2nc(C3CCN(S(=O)(=O)c4cccnc4)C3)cc2N1. The molecule has 0 aliphatic carbocycles. The third kappa shape index (κ3) is 3.80. The zero-order valence-electron chi connectivity index (χ0n) is 16.7. The molecule has 2 aliphatic rings. The number of aromatic nitrogens is 3. The Bertz CT molecular complexity index is 1010. The van der Waals surface area contributed by atoms with Gasteiger partial charge in [-0.3, -0.25) is 4.98 Å². The first-order chi connectivity index (χ1) is 14.1. The van der Waals surface area contributed by atoms with E-state index < -0.39 is 22.2 Å². The van der Waals surface area contributed by atoms with E-state index in [1.165, 1.54) is 22.8 Å². The highest BCUT2D eigenvalue weighted by Gasteiger charge is 2.47. The van der Waals surface area contributed by atoms with E-state index in [1.807, 2.05) is 13.8 Å². The molecule has 164 valence electrons. The average Bonchev–Trinajstić information content (AvgIpc) is 3.34. The zero-order chi connectivity index (χ0) is 21.7. The first kappa shape index (κ1) is 21.1. The molecule has 1 N–H and O–H groups in total. The van der Waals surface area contributed by atoms with Crippen molar-refractivity contribution in [2.45, 2.75) is 55.8 Å². The number of nitrogens with zero attached hydrogens (tertiary/aromatic N) is 4. The molecule has 1 saturated heterocycles. The van der Waals surface area contributed by atoms with Gasteiger partial charge in [-0.25, -0.2) is 13.1 Å². The summed E-state index contributed by atoms with van der Waals surface area (Å²) in [4.78, 5) is 3.96. The topological polar surface area (TPSA) is 80.1 Å². The summed E-state index contributed by atoms with van der Waals surface area (Å²) in [5.41, 5.74) is 0.486. The van der Waals surface area contributed by atoms with E-state index in [0.29, 0.717) is 17.9 Å². The molecule has 7 nitrogen and oxygen atoms in total. The standard InChI is InChI=1S/C19H24F3N5O2S/c1-12(2)15-8-17(19(20,21)22)27-18(24-15)9-16(25-27)13-5-7-26(11-13)30(28,29)14-4-3-6-23-10-14/h3-4,6,9-10,12-13,15,17,24H,5,7-8,11H2,1-2H3/t13?,15-,17+/m0/s1. The summed E-state index contributed by atoms with van der Waals surface area (Å²) in [5.74, 6) is 0.113. The van der Waals surface area contributed by atoms with Crippen molar-refractivity contribution in [1.82, 2.24) is 19.1 Å². The lowest BCUT2D eigenvalue weighted by Crippen LogP contribution is -2.41. The molecular formula is C19H24F3N5O2S. The van der Waals surface area contributed by atoms with E-state index >= 15 is 0 Å². The number of sulfonamides is 1. The Labute approximate surface area is 173 Å². The van der Waals surface area contributed by atoms with Gasteiger partial charge in [-0.2, -0.15) is 22.6 Å². The van der Waals surface area contributed by atoms with Crippen LogP contribution in [0.15, 0.2) is 35.5 Å². The van der Waals surface area contributed by atoms with Gasteiger partial charge in [-0.1, -0.05) is 13.8 Å². The summed E-state index contributed by atoms with van der Waals surface area (Å²) in [6.07, 6.45) is -1.20. The van der Waals surface area contributed by atoms with Crippen LogP contribution in [0.2, 0.25) is 0 Å². The number of nitrogens with one attached hydrogen (secondary N) is 1. The average molecular weight is 443 g/mol. The van der Waals surface area contributed by atoms with Crippen LogP contribution in [0.3, 0.4) is 0 Å². The minimum absolute atomic E-state index is 0.0357. The van der Waals surface area contributed by atoms with Gasteiger partial charge in [0.05, 0.1) is 5.69 Å². The molecule has 3 atom stereocenters. The van der Waals surface area contributed by atoms with Crippen LogP contribution in [0.4, 0.5) is 19.0 Å². The maximum absolute atomic E-state index is 13.7. The van der Waals surface area contributed by atoms with Gasteiger partial charge < -0.3 is 5.32 Å². The minimum Gasteiger partial charge on any atom is -0.367 e. The molecular weight excluding hydrogens is 419 g/mol. The molecule has 4 rings (SSSR count). The van der Waals surface area contributed by atoms with Gasteiger partial charge in [-0.05, 0) is 30.9 Å². The third-order valence-corrected chi connectivity index (χ3v) is 7.73. The molecule has 11 heteroatoms. The number of halogens is 3. The van der Waals surface area contributed by atoms with Crippen LogP contribution < -0.4 is 5.32 Å². The number of anilines is 1. The van der Waals surface area contributed by atoms with Crippen LogP contribution in [-0.4, -0.2) is 52.8 Å². The fourth-order valence-corrected chi connectivity index (χ4v) is 5.56. The number of fused-ring (bicyclic) bond motifs is 1. The van der Waals surface area contributed by atoms with Crippen LogP contribution in [0.25, 0.3) is 0 Å². The minimum atomic E-state index is -4.40. The van der Waals surface area contributed by atoms with Crippen molar-refractivity contribution >= 4 is 15.8 Å². The van der Waals surface area contributed by atoms with E-state index in [1.54, 1.807) is 12.1 Å². The van der Waals surface area contributed by atoms with Crippen LogP contribution >= 0.6 is 0 Å². The summed E-state index contributed by atoms with van der Waals surface area (Å²) in [6.45, 7) is 4.24. The van der Waals surface area contributed by atoms with Crippen molar-refractivity contribution in [2.75, 3.05) is 18.4 Å². The lowest BCUT2D eigenvalue weighted by Gasteiger charge is -2.35. The van der Waals surface area contributed by atoms with Crippen LogP contribution in [0.1, 0.15) is 44.3 Å². The van der Waals surface area contributed by atoms with Crippen LogP contribution in [-0.2, 0) is 10.0 Å². The highest BCUT2D eigenvalue weighted by molar-refractivity contribution is 7.89. The lowest BCUT2D eigenvalue weighted by molar-refractivity contribution is -0.174. The fraction of sp³-hybridized carbons (Fsp3) is 0.579. The first-order valence-corrected chi connectivity index (χ1v) is 11.3. The van der Waals surface area contributed by atoms with Gasteiger partial charge in [0, 0.05) is 43.5 Å². The second-order valence-corrected chi connectivity index (χ2v) is 10.2. The summed E-state index contributed by atoms with van der Waals surface area (Å²) < 4.78 is 69.0. The highest BCUT2D eigenvalue weighted by atomic mass is 32.2. The normalized spacial score (nSPS) is 25.3. The molecule has 0 saturated carbocycles. The summed E-state index contributed by atoms with van der Waals surface area (Å²) in [5, 5.41) is 7.43. The number of hydrogen-bond donors (Lipinski definition) is 1. The molecule has 0 bridgehead atoms. The molecule has 1 unspecified atom stereocenters. The largest absolute Gasteiger partial charge is 0.410 e. The summed E-state index contributed by atoms with van der Waals surface area (Å²) in [6, 6.07) is 2.68. The van der Waals surface area contributed by atoms with E-state index in [-0.39, 0.29) is 42.3 Å². The molecule has 1 fully saturated rings. The van der Waals surface area contributed by atoms with Crippen molar-refractivity contribution in [3.05, 3.63) is 36.3 Å². The molecule has 2 aromatic rings. The smallest absolute Gasteiger partial charge is 0.367 e. The molecule has 2 aromatic heterocycles. The molecule has 0 amide bonds. The van der Waals surface area contributed by atoms with Crippen molar-refractivity contribution in [3.63, 3.8) is 0 Å². The van der Waals surface area contributed by atoms with Gasteiger partial charge in [0.25, 0.3) is 0 Å². The highest BCUT2D eigenvalue weighted by Crippen LogP contribution is 2.42. The van der Waals surface area contributed by atoms with Gasteiger partial charge in [0.15, 0.2) is 6.04 Å². The number of rotatable bonds is 4. The molecule has 0 spiro atoms. The Morgan fingerprint density at radius 3 is 2.70 bits per heavy atom. The quantitative estimate of drug-likeness (QED) is 0.784. The van der Waals surface area contributed by atoms with Crippen molar-refractivity contribution in [2.24, 2.45) is 5.92 Å². The second-order valence-electron chi connectivity index (χ2n) is 8.22. The second kappa shape index (κ2) is 7.52. The van der Waals surface area contributed by atoms with Gasteiger partial charge in [0.1, 0.15) is 10.7 Å². The van der Waals surface area contributed by atoms with Gasteiger partial charge >= 0.3 is 6.18 Å². The van der Waals surface area contributed by atoms with E-state index in [2.05, 4.69) is 15.4 Å². The van der Waals surface area contributed by atoms with Crippen molar-refractivity contribution in [3.8, 4) is 0 Å². The van der Waals surface area contributed by atoms with Crippen LogP contribution in [0.5, 0.6) is 0 Å². The van der Waals surface area contributed by atoms with Crippen LogP contribution in [0, 0.1) is 5.92 Å². The Morgan fingerprint density at radius 1 is 1.30 bits per heavy atom. The predicted molar refractivity (Wildman–Crippen MR) is 105 cm³/mol. The fourth-order valence-electron chi connectivity index (χ4n) is 4.10. The molecule has 4 heterocycles.